The largest absolute Gasteiger partial charge is 0.487 e. The van der Waals surface area contributed by atoms with Crippen LogP contribution in [0.15, 0.2) is 59.0 Å². The molecule has 0 aliphatic rings. The zero-order valence-electron chi connectivity index (χ0n) is 18.4. The number of rotatable bonds is 11. The van der Waals surface area contributed by atoms with Crippen LogP contribution in [0.2, 0.25) is 0 Å². The summed E-state index contributed by atoms with van der Waals surface area (Å²) in [6.45, 7) is 10.2. The summed E-state index contributed by atoms with van der Waals surface area (Å²) in [4.78, 5) is 4.59. The van der Waals surface area contributed by atoms with Crippen LogP contribution in [0, 0.1) is 6.92 Å². The first-order valence-corrected chi connectivity index (χ1v) is 10.6. The third-order valence-corrected chi connectivity index (χ3v) is 4.83. The van der Waals surface area contributed by atoms with Crippen molar-refractivity contribution >= 4 is 0 Å². The Balaban J connectivity index is 1.56. The van der Waals surface area contributed by atoms with Crippen molar-refractivity contribution in [1.82, 2.24) is 10.3 Å². The third kappa shape index (κ3) is 6.44. The van der Waals surface area contributed by atoms with Gasteiger partial charge in [0, 0.05) is 24.8 Å². The molecular formula is C25H32N2O3. The molecule has 1 aromatic heterocycles. The second-order valence-electron chi connectivity index (χ2n) is 7.66. The van der Waals surface area contributed by atoms with E-state index in [0.29, 0.717) is 25.1 Å². The highest BCUT2D eigenvalue weighted by atomic mass is 16.5. The Morgan fingerprint density at radius 3 is 2.43 bits per heavy atom. The average molecular weight is 409 g/mol. The molecule has 160 valence electrons. The molecule has 0 radical (unpaired) electrons. The molecule has 0 saturated carbocycles. The van der Waals surface area contributed by atoms with Gasteiger partial charge in [-0.2, -0.15) is 0 Å². The maximum Gasteiger partial charge on any atom is 0.226 e. The van der Waals surface area contributed by atoms with Crippen LogP contribution in [0.3, 0.4) is 0 Å². The van der Waals surface area contributed by atoms with E-state index in [1.165, 1.54) is 5.56 Å². The van der Waals surface area contributed by atoms with Gasteiger partial charge in [-0.25, -0.2) is 4.98 Å². The zero-order chi connectivity index (χ0) is 21.3. The van der Waals surface area contributed by atoms with Gasteiger partial charge in [-0.05, 0) is 50.1 Å². The van der Waals surface area contributed by atoms with E-state index in [9.17, 15) is 0 Å². The molecule has 3 aromatic rings. The standard InChI is InChI=1S/C25H32N2O3/c1-5-28-23(16-26-18(2)3)15-20-11-13-22(14-12-20)29-17-24-19(4)30-25(27-24)21-9-7-6-8-10-21/h6-14,18,23,26H,5,15-17H2,1-4H3/t23-/m0/s1. The first-order valence-electron chi connectivity index (χ1n) is 10.6. The van der Waals surface area contributed by atoms with Gasteiger partial charge in [0.15, 0.2) is 0 Å². The Labute approximate surface area is 179 Å². The van der Waals surface area contributed by atoms with E-state index in [2.05, 4.69) is 36.3 Å². The van der Waals surface area contributed by atoms with Crippen LogP contribution in [-0.2, 0) is 17.8 Å². The Morgan fingerprint density at radius 1 is 1.03 bits per heavy atom. The molecule has 1 atom stereocenters. The summed E-state index contributed by atoms with van der Waals surface area (Å²) in [5, 5.41) is 3.45. The first-order chi connectivity index (χ1) is 14.5. The lowest BCUT2D eigenvalue weighted by atomic mass is 10.1. The van der Waals surface area contributed by atoms with Crippen LogP contribution >= 0.6 is 0 Å². The molecule has 0 fully saturated rings. The SMILES string of the molecule is CCO[C@H](CNC(C)C)Cc1ccc(OCc2nc(-c3ccccc3)oc2C)cc1. The van der Waals surface area contributed by atoms with E-state index < -0.39 is 0 Å². The topological polar surface area (TPSA) is 56.5 Å². The number of oxazole rings is 1. The van der Waals surface area contributed by atoms with E-state index in [1.54, 1.807) is 0 Å². The summed E-state index contributed by atoms with van der Waals surface area (Å²) >= 11 is 0. The first kappa shape index (κ1) is 22.1. The minimum Gasteiger partial charge on any atom is -0.487 e. The Kier molecular flexibility index (Phi) is 8.05. The molecule has 0 spiro atoms. The van der Waals surface area contributed by atoms with Crippen molar-refractivity contribution in [2.24, 2.45) is 0 Å². The number of hydrogen-bond donors (Lipinski definition) is 1. The molecule has 0 amide bonds. The van der Waals surface area contributed by atoms with Gasteiger partial charge in [-0.1, -0.05) is 44.2 Å². The minimum atomic E-state index is 0.165. The number of benzene rings is 2. The zero-order valence-corrected chi connectivity index (χ0v) is 18.4. The summed E-state index contributed by atoms with van der Waals surface area (Å²) in [7, 11) is 0. The molecule has 0 saturated heterocycles. The number of hydrogen-bond acceptors (Lipinski definition) is 5. The Morgan fingerprint density at radius 2 is 1.77 bits per heavy atom. The number of nitrogens with one attached hydrogen (secondary N) is 1. The molecule has 0 aliphatic carbocycles. The van der Waals surface area contributed by atoms with Gasteiger partial charge in [0.1, 0.15) is 23.8 Å². The van der Waals surface area contributed by atoms with Crippen molar-refractivity contribution in [2.75, 3.05) is 13.2 Å². The highest BCUT2D eigenvalue weighted by Gasteiger charge is 2.13. The van der Waals surface area contributed by atoms with Gasteiger partial charge in [-0.15, -0.1) is 0 Å². The normalized spacial score (nSPS) is 12.3. The fraction of sp³-hybridized carbons (Fsp3) is 0.400. The van der Waals surface area contributed by atoms with E-state index in [1.807, 2.05) is 56.3 Å². The predicted octanol–water partition coefficient (Wildman–Crippen LogP) is 5.17. The summed E-state index contributed by atoms with van der Waals surface area (Å²) < 4.78 is 17.6. The lowest BCUT2D eigenvalue weighted by Gasteiger charge is -2.19. The number of aromatic nitrogens is 1. The van der Waals surface area contributed by atoms with Crippen LogP contribution in [0.5, 0.6) is 5.75 Å². The second kappa shape index (κ2) is 11.0. The van der Waals surface area contributed by atoms with Gasteiger partial charge in [0.25, 0.3) is 0 Å². The molecule has 2 aromatic carbocycles. The summed E-state index contributed by atoms with van der Waals surface area (Å²) in [5.41, 5.74) is 3.01. The fourth-order valence-electron chi connectivity index (χ4n) is 3.20. The number of nitrogens with zero attached hydrogens (tertiary/aromatic N) is 1. The van der Waals surface area contributed by atoms with Crippen molar-refractivity contribution in [3.63, 3.8) is 0 Å². The van der Waals surface area contributed by atoms with Crippen LogP contribution < -0.4 is 10.1 Å². The van der Waals surface area contributed by atoms with Gasteiger partial charge >= 0.3 is 0 Å². The van der Waals surface area contributed by atoms with E-state index in [-0.39, 0.29) is 6.10 Å². The van der Waals surface area contributed by atoms with Crippen molar-refractivity contribution in [2.45, 2.75) is 52.9 Å². The Bertz CT molecular complexity index is 889. The number of ether oxygens (including phenoxy) is 2. The van der Waals surface area contributed by atoms with E-state index >= 15 is 0 Å². The highest BCUT2D eigenvalue weighted by Crippen LogP contribution is 2.23. The fourth-order valence-corrected chi connectivity index (χ4v) is 3.20. The molecule has 1 N–H and O–H groups in total. The van der Waals surface area contributed by atoms with Gasteiger partial charge in [-0.3, -0.25) is 0 Å². The second-order valence-corrected chi connectivity index (χ2v) is 7.66. The van der Waals surface area contributed by atoms with Gasteiger partial charge in [0.05, 0.1) is 6.10 Å². The van der Waals surface area contributed by atoms with Crippen molar-refractivity contribution in [3.05, 3.63) is 71.6 Å². The molecule has 1 heterocycles. The monoisotopic (exact) mass is 408 g/mol. The van der Waals surface area contributed by atoms with Crippen LogP contribution in [0.25, 0.3) is 11.5 Å². The Hall–Kier alpha value is -2.63. The van der Waals surface area contributed by atoms with Gasteiger partial charge in [0.2, 0.25) is 5.89 Å². The highest BCUT2D eigenvalue weighted by molar-refractivity contribution is 5.53. The van der Waals surface area contributed by atoms with E-state index in [4.69, 9.17) is 13.9 Å². The van der Waals surface area contributed by atoms with Gasteiger partial charge < -0.3 is 19.2 Å². The van der Waals surface area contributed by atoms with E-state index in [0.717, 1.165) is 35.7 Å². The van der Waals surface area contributed by atoms with Crippen LogP contribution in [0.4, 0.5) is 0 Å². The molecule has 5 heteroatoms. The molecule has 0 unspecified atom stereocenters. The smallest absolute Gasteiger partial charge is 0.226 e. The van der Waals surface area contributed by atoms with Crippen molar-refractivity contribution < 1.29 is 13.9 Å². The molecule has 3 rings (SSSR count). The predicted molar refractivity (Wildman–Crippen MR) is 120 cm³/mol. The molecular weight excluding hydrogens is 376 g/mol. The molecule has 0 bridgehead atoms. The molecule has 30 heavy (non-hydrogen) atoms. The molecule has 5 nitrogen and oxygen atoms in total. The average Bonchev–Trinajstić information content (AvgIpc) is 3.13. The number of aryl methyl sites for hydroxylation is 1. The maximum absolute atomic E-state index is 5.94. The summed E-state index contributed by atoms with van der Waals surface area (Å²) in [5.74, 6) is 2.22. The summed E-state index contributed by atoms with van der Waals surface area (Å²) in [6, 6.07) is 18.5. The lowest BCUT2D eigenvalue weighted by molar-refractivity contribution is 0.0617. The van der Waals surface area contributed by atoms with Crippen LogP contribution in [-0.4, -0.2) is 30.3 Å². The maximum atomic E-state index is 5.94. The van der Waals surface area contributed by atoms with Crippen molar-refractivity contribution in [1.29, 1.82) is 0 Å². The summed E-state index contributed by atoms with van der Waals surface area (Å²) in [6.07, 6.45) is 1.04. The van der Waals surface area contributed by atoms with Crippen molar-refractivity contribution in [3.8, 4) is 17.2 Å². The van der Waals surface area contributed by atoms with Crippen LogP contribution in [0.1, 0.15) is 37.8 Å². The quantitative estimate of drug-likeness (QED) is 0.474. The molecule has 0 aliphatic heterocycles. The lowest BCUT2D eigenvalue weighted by Crippen LogP contribution is -2.34. The minimum absolute atomic E-state index is 0.165. The third-order valence-electron chi connectivity index (χ3n) is 4.83.